The number of benzene rings is 1. The highest BCUT2D eigenvalue weighted by molar-refractivity contribution is 5.55. The molecule has 0 unspecified atom stereocenters. The second-order valence-electron chi connectivity index (χ2n) is 6.48. The molecule has 106 valence electrons. The van der Waals surface area contributed by atoms with Crippen molar-refractivity contribution in [3.63, 3.8) is 0 Å². The zero-order valence-corrected chi connectivity index (χ0v) is 12.7. The number of piperazine rings is 1. The fourth-order valence-electron chi connectivity index (χ4n) is 2.76. The van der Waals surface area contributed by atoms with E-state index in [-0.39, 0.29) is 5.54 Å². The van der Waals surface area contributed by atoms with E-state index in [1.807, 2.05) is 0 Å². The predicted octanol–water partition coefficient (Wildman–Crippen LogP) is 2.37. The van der Waals surface area contributed by atoms with Crippen LogP contribution in [-0.2, 0) is 6.54 Å². The Hall–Kier alpha value is -1.06. The fraction of sp³-hybridized carbons (Fsp3) is 0.625. The van der Waals surface area contributed by atoms with Gasteiger partial charge in [0.2, 0.25) is 0 Å². The minimum Gasteiger partial charge on any atom is -0.369 e. The molecule has 3 heteroatoms. The Balaban J connectivity index is 2.11. The first-order chi connectivity index (χ1) is 8.91. The van der Waals surface area contributed by atoms with E-state index in [9.17, 15) is 0 Å². The minimum absolute atomic E-state index is 0.273. The van der Waals surface area contributed by atoms with E-state index >= 15 is 0 Å². The van der Waals surface area contributed by atoms with E-state index in [2.05, 4.69) is 55.7 Å². The van der Waals surface area contributed by atoms with Crippen molar-refractivity contribution in [3.8, 4) is 0 Å². The third kappa shape index (κ3) is 3.28. The van der Waals surface area contributed by atoms with Crippen molar-refractivity contribution < 1.29 is 0 Å². The van der Waals surface area contributed by atoms with E-state index in [1.165, 1.54) is 16.8 Å². The van der Waals surface area contributed by atoms with Gasteiger partial charge in [0, 0.05) is 44.0 Å². The zero-order valence-electron chi connectivity index (χ0n) is 12.7. The van der Waals surface area contributed by atoms with Gasteiger partial charge < -0.3 is 10.6 Å². The summed E-state index contributed by atoms with van der Waals surface area (Å²) in [6, 6.07) is 6.59. The summed E-state index contributed by atoms with van der Waals surface area (Å²) >= 11 is 0. The number of anilines is 1. The van der Waals surface area contributed by atoms with Gasteiger partial charge in [0.05, 0.1) is 0 Å². The lowest BCUT2D eigenvalue weighted by molar-refractivity contribution is 0.128. The lowest BCUT2D eigenvalue weighted by atomic mass is 10.0. The third-order valence-corrected chi connectivity index (χ3v) is 4.03. The van der Waals surface area contributed by atoms with E-state index in [0.29, 0.717) is 6.54 Å². The quantitative estimate of drug-likeness (QED) is 0.887. The van der Waals surface area contributed by atoms with Crippen molar-refractivity contribution >= 4 is 5.69 Å². The Morgan fingerprint density at radius 1 is 1.11 bits per heavy atom. The summed E-state index contributed by atoms with van der Waals surface area (Å²) in [5.74, 6) is 0. The summed E-state index contributed by atoms with van der Waals surface area (Å²) in [4.78, 5) is 5.04. The fourth-order valence-corrected chi connectivity index (χ4v) is 2.76. The van der Waals surface area contributed by atoms with Gasteiger partial charge in [-0.25, -0.2) is 0 Å². The van der Waals surface area contributed by atoms with Crippen molar-refractivity contribution in [2.75, 3.05) is 31.1 Å². The molecule has 3 nitrogen and oxygen atoms in total. The summed E-state index contributed by atoms with van der Waals surface area (Å²) < 4.78 is 0. The first kappa shape index (κ1) is 14.4. The number of hydrogen-bond donors (Lipinski definition) is 1. The third-order valence-electron chi connectivity index (χ3n) is 4.03. The number of nitrogens with two attached hydrogens (primary N) is 1. The van der Waals surface area contributed by atoms with Gasteiger partial charge in [-0.15, -0.1) is 0 Å². The van der Waals surface area contributed by atoms with Gasteiger partial charge in [0.1, 0.15) is 0 Å². The highest BCUT2D eigenvalue weighted by Crippen LogP contribution is 2.25. The first-order valence-corrected chi connectivity index (χ1v) is 7.21. The predicted molar refractivity (Wildman–Crippen MR) is 82.6 cm³/mol. The maximum atomic E-state index is 5.87. The highest BCUT2D eigenvalue weighted by atomic mass is 15.3. The van der Waals surface area contributed by atoms with Crippen LogP contribution in [0.15, 0.2) is 18.2 Å². The molecule has 2 N–H and O–H groups in total. The summed E-state index contributed by atoms with van der Waals surface area (Å²) in [5.41, 5.74) is 10.0. The molecular formula is C16H27N3. The van der Waals surface area contributed by atoms with E-state index in [4.69, 9.17) is 5.73 Å². The monoisotopic (exact) mass is 261 g/mol. The van der Waals surface area contributed by atoms with Gasteiger partial charge in [-0.1, -0.05) is 12.1 Å². The van der Waals surface area contributed by atoms with Gasteiger partial charge in [-0.2, -0.15) is 0 Å². The number of rotatable bonds is 2. The molecule has 1 heterocycles. The van der Waals surface area contributed by atoms with E-state index in [1.54, 1.807) is 0 Å². The molecule has 0 saturated carbocycles. The Labute approximate surface area is 117 Å². The van der Waals surface area contributed by atoms with E-state index in [0.717, 1.165) is 26.2 Å². The molecule has 1 aromatic carbocycles. The smallest absolute Gasteiger partial charge is 0.0415 e. The van der Waals surface area contributed by atoms with Gasteiger partial charge >= 0.3 is 0 Å². The second kappa shape index (κ2) is 5.51. The van der Waals surface area contributed by atoms with Crippen LogP contribution >= 0.6 is 0 Å². The standard InChI is InChI=1S/C16H27N3/c1-13-5-6-14(12-17)15(11-13)18-7-9-19(10-8-18)16(2,3)4/h5-6,11H,7-10,12,17H2,1-4H3. The summed E-state index contributed by atoms with van der Waals surface area (Å²) in [5, 5.41) is 0. The maximum Gasteiger partial charge on any atom is 0.0415 e. The molecule has 1 saturated heterocycles. The first-order valence-electron chi connectivity index (χ1n) is 7.21. The summed E-state index contributed by atoms with van der Waals surface area (Å²) in [6.07, 6.45) is 0. The van der Waals surface area contributed by atoms with Gasteiger partial charge in [-0.05, 0) is 44.9 Å². The minimum atomic E-state index is 0.273. The van der Waals surface area contributed by atoms with Crippen LogP contribution in [0.2, 0.25) is 0 Å². The second-order valence-corrected chi connectivity index (χ2v) is 6.48. The highest BCUT2D eigenvalue weighted by Gasteiger charge is 2.26. The Morgan fingerprint density at radius 3 is 2.26 bits per heavy atom. The number of aryl methyl sites for hydroxylation is 1. The molecule has 0 aromatic heterocycles. The Bertz CT molecular complexity index is 426. The summed E-state index contributed by atoms with van der Waals surface area (Å²) in [6.45, 7) is 14.1. The molecule has 0 amide bonds. The molecule has 0 spiro atoms. The Kier molecular flexibility index (Phi) is 4.16. The molecule has 19 heavy (non-hydrogen) atoms. The van der Waals surface area contributed by atoms with Crippen molar-refractivity contribution in [1.29, 1.82) is 0 Å². The zero-order chi connectivity index (χ0) is 14.0. The summed E-state index contributed by atoms with van der Waals surface area (Å²) in [7, 11) is 0. The molecular weight excluding hydrogens is 234 g/mol. The van der Waals surface area contributed by atoms with Crippen molar-refractivity contribution in [2.45, 2.75) is 39.8 Å². The molecule has 0 atom stereocenters. The SMILES string of the molecule is Cc1ccc(CN)c(N2CCN(C(C)(C)C)CC2)c1. The van der Waals surface area contributed by atoms with Crippen molar-refractivity contribution in [3.05, 3.63) is 29.3 Å². The molecule has 0 bridgehead atoms. The van der Waals surface area contributed by atoms with Crippen LogP contribution in [0.3, 0.4) is 0 Å². The van der Waals surface area contributed by atoms with Crippen molar-refractivity contribution in [1.82, 2.24) is 4.90 Å². The van der Waals surface area contributed by atoms with E-state index < -0.39 is 0 Å². The number of hydrogen-bond acceptors (Lipinski definition) is 3. The molecule has 1 fully saturated rings. The van der Waals surface area contributed by atoms with Crippen molar-refractivity contribution in [2.24, 2.45) is 5.73 Å². The van der Waals surface area contributed by atoms with Crippen LogP contribution < -0.4 is 10.6 Å². The van der Waals surface area contributed by atoms with Gasteiger partial charge in [0.15, 0.2) is 0 Å². The molecule has 0 aliphatic carbocycles. The topological polar surface area (TPSA) is 32.5 Å². The molecule has 1 aliphatic rings. The van der Waals surface area contributed by atoms with Crippen LogP contribution in [0, 0.1) is 6.92 Å². The maximum absolute atomic E-state index is 5.87. The van der Waals surface area contributed by atoms with Crippen LogP contribution in [0.5, 0.6) is 0 Å². The van der Waals surface area contributed by atoms with Crippen LogP contribution in [-0.4, -0.2) is 36.6 Å². The average Bonchev–Trinajstić information content (AvgIpc) is 2.38. The number of nitrogens with zero attached hydrogens (tertiary/aromatic N) is 2. The molecule has 1 aromatic rings. The van der Waals surface area contributed by atoms with Crippen LogP contribution in [0.4, 0.5) is 5.69 Å². The Morgan fingerprint density at radius 2 is 1.74 bits per heavy atom. The van der Waals surface area contributed by atoms with Crippen LogP contribution in [0.25, 0.3) is 0 Å². The van der Waals surface area contributed by atoms with Crippen LogP contribution in [0.1, 0.15) is 31.9 Å². The molecule has 0 radical (unpaired) electrons. The lowest BCUT2D eigenvalue weighted by Gasteiger charge is -2.43. The molecule has 1 aliphatic heterocycles. The lowest BCUT2D eigenvalue weighted by Crippen LogP contribution is -2.53. The van der Waals surface area contributed by atoms with Gasteiger partial charge in [0.25, 0.3) is 0 Å². The molecule has 2 rings (SSSR count). The largest absolute Gasteiger partial charge is 0.369 e. The normalized spacial score (nSPS) is 17.8. The van der Waals surface area contributed by atoms with Gasteiger partial charge in [-0.3, -0.25) is 4.90 Å². The average molecular weight is 261 g/mol.